The molecule has 2 N–H and O–H groups in total. The lowest BCUT2D eigenvalue weighted by Crippen LogP contribution is -2.55. The average Bonchev–Trinajstić information content (AvgIpc) is 2.64. The maximum absolute atomic E-state index is 12.3. The summed E-state index contributed by atoms with van der Waals surface area (Å²) in [6, 6.07) is 19.5. The van der Waals surface area contributed by atoms with Crippen LogP contribution in [0.2, 0.25) is 0 Å². The molecule has 2 aromatic rings. The van der Waals surface area contributed by atoms with Crippen molar-refractivity contribution in [3.05, 3.63) is 71.8 Å². The average molecular weight is 354 g/mol. The van der Waals surface area contributed by atoms with Gasteiger partial charge in [-0.2, -0.15) is 0 Å². The summed E-state index contributed by atoms with van der Waals surface area (Å²) in [5.74, 6) is -0.234. The molecular weight excluding hydrogens is 328 g/mol. The highest BCUT2D eigenvalue weighted by Crippen LogP contribution is 2.06. The monoisotopic (exact) mass is 354 g/mol. The van der Waals surface area contributed by atoms with E-state index in [1.165, 1.54) is 5.56 Å². The molecule has 0 fully saturated rings. The van der Waals surface area contributed by atoms with Crippen LogP contribution in [0.3, 0.4) is 0 Å². The van der Waals surface area contributed by atoms with Gasteiger partial charge in [0, 0.05) is 6.54 Å². The number of aryl methyl sites for hydroxylation is 1. The number of amides is 2. The number of hydrogen-bond acceptors (Lipinski definition) is 3. The normalized spacial score (nSPS) is 10.8. The van der Waals surface area contributed by atoms with Crippen LogP contribution in [0.25, 0.3) is 0 Å². The lowest BCUT2D eigenvalue weighted by atomic mass is 10.0. The predicted molar refractivity (Wildman–Crippen MR) is 102 cm³/mol. The van der Waals surface area contributed by atoms with Crippen LogP contribution in [-0.4, -0.2) is 24.1 Å². The van der Waals surface area contributed by atoms with Gasteiger partial charge in [0.15, 0.2) is 0 Å². The van der Waals surface area contributed by atoms with Crippen molar-refractivity contribution in [3.63, 3.8) is 0 Å². The second-order valence-corrected chi connectivity index (χ2v) is 6.66. The molecule has 2 aromatic carbocycles. The van der Waals surface area contributed by atoms with Crippen molar-refractivity contribution < 1.29 is 14.3 Å². The molecule has 138 valence electrons. The Morgan fingerprint density at radius 3 is 2.12 bits per heavy atom. The topological polar surface area (TPSA) is 67.4 Å². The molecule has 0 aliphatic heterocycles. The second-order valence-electron chi connectivity index (χ2n) is 6.66. The summed E-state index contributed by atoms with van der Waals surface area (Å²) in [4.78, 5) is 24.2. The second kappa shape index (κ2) is 9.61. The molecule has 0 saturated carbocycles. The SMILES string of the molecule is CC(C)(NC(=O)OCc1ccccc1)C(=O)NCCCc1ccccc1. The standard InChI is InChI=1S/C21H26N2O3/c1-21(2,23-20(25)26-16-18-12-7-4-8-13-18)19(24)22-15-9-14-17-10-5-3-6-11-17/h3-8,10-13H,9,14-16H2,1-2H3,(H,22,24)(H,23,25). The Morgan fingerprint density at radius 1 is 0.923 bits per heavy atom. The van der Waals surface area contributed by atoms with E-state index in [1.807, 2.05) is 48.5 Å². The third-order valence-electron chi connectivity index (χ3n) is 3.97. The van der Waals surface area contributed by atoms with Crippen molar-refractivity contribution in [1.82, 2.24) is 10.6 Å². The van der Waals surface area contributed by atoms with Crippen LogP contribution in [0.4, 0.5) is 4.79 Å². The Balaban J connectivity index is 1.69. The van der Waals surface area contributed by atoms with E-state index in [0.29, 0.717) is 6.54 Å². The highest BCUT2D eigenvalue weighted by Gasteiger charge is 2.29. The van der Waals surface area contributed by atoms with E-state index in [0.717, 1.165) is 18.4 Å². The Morgan fingerprint density at radius 2 is 1.50 bits per heavy atom. The van der Waals surface area contributed by atoms with Crippen LogP contribution in [0, 0.1) is 0 Å². The largest absolute Gasteiger partial charge is 0.445 e. The number of rotatable bonds is 8. The number of ether oxygens (including phenoxy) is 1. The van der Waals surface area contributed by atoms with Crippen LogP contribution >= 0.6 is 0 Å². The molecule has 0 unspecified atom stereocenters. The zero-order valence-corrected chi connectivity index (χ0v) is 15.3. The molecule has 0 aliphatic rings. The summed E-state index contributed by atoms with van der Waals surface area (Å²) in [5, 5.41) is 5.47. The Bertz CT molecular complexity index is 700. The van der Waals surface area contributed by atoms with Crippen LogP contribution < -0.4 is 10.6 Å². The molecule has 2 amide bonds. The zero-order chi connectivity index (χ0) is 18.8. The van der Waals surface area contributed by atoms with E-state index < -0.39 is 11.6 Å². The minimum Gasteiger partial charge on any atom is -0.445 e. The summed E-state index contributed by atoms with van der Waals surface area (Å²) in [6.07, 6.45) is 1.12. The fourth-order valence-electron chi connectivity index (χ4n) is 2.43. The molecule has 0 aliphatic carbocycles. The molecule has 0 bridgehead atoms. The first-order valence-corrected chi connectivity index (χ1v) is 8.78. The van der Waals surface area contributed by atoms with Crippen molar-refractivity contribution in [2.45, 2.75) is 38.8 Å². The highest BCUT2D eigenvalue weighted by molar-refractivity contribution is 5.89. The molecule has 0 heterocycles. The number of nitrogens with one attached hydrogen (secondary N) is 2. The van der Waals surface area contributed by atoms with Gasteiger partial charge in [-0.3, -0.25) is 4.79 Å². The molecule has 2 rings (SSSR count). The minimum atomic E-state index is -1.04. The molecule has 0 saturated heterocycles. The van der Waals surface area contributed by atoms with Gasteiger partial charge in [0.25, 0.3) is 0 Å². The van der Waals surface area contributed by atoms with Gasteiger partial charge in [0.05, 0.1) is 0 Å². The van der Waals surface area contributed by atoms with E-state index in [2.05, 4.69) is 22.8 Å². The molecule has 26 heavy (non-hydrogen) atoms. The van der Waals surface area contributed by atoms with E-state index in [9.17, 15) is 9.59 Å². The van der Waals surface area contributed by atoms with Gasteiger partial charge in [0.1, 0.15) is 12.1 Å². The van der Waals surface area contributed by atoms with Crippen molar-refractivity contribution in [1.29, 1.82) is 0 Å². The maximum Gasteiger partial charge on any atom is 0.408 e. The summed E-state index contributed by atoms with van der Waals surface area (Å²) < 4.78 is 5.17. The van der Waals surface area contributed by atoms with Crippen molar-refractivity contribution >= 4 is 12.0 Å². The summed E-state index contributed by atoms with van der Waals surface area (Å²) in [7, 11) is 0. The summed E-state index contributed by atoms with van der Waals surface area (Å²) in [5.41, 5.74) is 1.09. The lowest BCUT2D eigenvalue weighted by molar-refractivity contribution is -0.126. The fourth-order valence-corrected chi connectivity index (χ4v) is 2.43. The Kier molecular flexibility index (Phi) is 7.21. The minimum absolute atomic E-state index is 0.168. The number of carbonyl (C=O) groups is 2. The molecule has 0 atom stereocenters. The fraction of sp³-hybridized carbons (Fsp3) is 0.333. The molecule has 0 radical (unpaired) electrons. The van der Waals surface area contributed by atoms with Crippen molar-refractivity contribution in [2.24, 2.45) is 0 Å². The van der Waals surface area contributed by atoms with Crippen LogP contribution in [0.1, 0.15) is 31.4 Å². The summed E-state index contributed by atoms with van der Waals surface area (Å²) in [6.45, 7) is 4.03. The number of benzene rings is 2. The first-order valence-electron chi connectivity index (χ1n) is 8.78. The van der Waals surface area contributed by atoms with Gasteiger partial charge in [-0.1, -0.05) is 60.7 Å². The Hall–Kier alpha value is -2.82. The van der Waals surface area contributed by atoms with Crippen LogP contribution in [0.15, 0.2) is 60.7 Å². The molecular formula is C21H26N2O3. The van der Waals surface area contributed by atoms with E-state index >= 15 is 0 Å². The molecule has 0 spiro atoms. The quantitative estimate of drug-likeness (QED) is 0.714. The van der Waals surface area contributed by atoms with Gasteiger partial charge in [-0.05, 0) is 37.8 Å². The molecule has 5 nitrogen and oxygen atoms in total. The van der Waals surface area contributed by atoms with Gasteiger partial charge in [0.2, 0.25) is 5.91 Å². The zero-order valence-electron chi connectivity index (χ0n) is 15.3. The van der Waals surface area contributed by atoms with E-state index in [1.54, 1.807) is 13.8 Å². The molecule has 0 aromatic heterocycles. The van der Waals surface area contributed by atoms with Gasteiger partial charge in [-0.15, -0.1) is 0 Å². The van der Waals surface area contributed by atoms with Crippen molar-refractivity contribution in [3.8, 4) is 0 Å². The van der Waals surface area contributed by atoms with Crippen LogP contribution in [0.5, 0.6) is 0 Å². The number of hydrogen-bond donors (Lipinski definition) is 2. The molecule has 5 heteroatoms. The van der Waals surface area contributed by atoms with Crippen LogP contribution in [-0.2, 0) is 22.6 Å². The first kappa shape index (κ1) is 19.5. The van der Waals surface area contributed by atoms with Gasteiger partial charge < -0.3 is 15.4 Å². The van der Waals surface area contributed by atoms with Crippen molar-refractivity contribution in [2.75, 3.05) is 6.54 Å². The first-order chi connectivity index (χ1) is 12.5. The third kappa shape index (κ3) is 6.59. The van der Waals surface area contributed by atoms with E-state index in [4.69, 9.17) is 4.74 Å². The smallest absolute Gasteiger partial charge is 0.408 e. The van der Waals surface area contributed by atoms with E-state index in [-0.39, 0.29) is 12.5 Å². The highest BCUT2D eigenvalue weighted by atomic mass is 16.5. The maximum atomic E-state index is 12.3. The lowest BCUT2D eigenvalue weighted by Gasteiger charge is -2.24. The van der Waals surface area contributed by atoms with Gasteiger partial charge >= 0.3 is 6.09 Å². The number of carbonyl (C=O) groups excluding carboxylic acids is 2. The predicted octanol–water partition coefficient (Wildman–Crippen LogP) is 3.44. The van der Waals surface area contributed by atoms with Gasteiger partial charge in [-0.25, -0.2) is 4.79 Å². The number of alkyl carbamates (subject to hydrolysis) is 1. The third-order valence-corrected chi connectivity index (χ3v) is 3.97. The summed E-state index contributed by atoms with van der Waals surface area (Å²) >= 11 is 0. The Labute approximate surface area is 154 Å².